The molecule has 9 heteroatoms. The standard InChI is InChI=1S/C21H20O9/c22-9-13-15(24)17(26)18(27)21(29-13)30-20-16(25)14-11(23)7-4-8-12(14)28-19(20)10-5-2-1-3-6-10/h1-8,13,15,17-18,21-24,26-27H,9H2/t13-,15-,17+,18-,21+/m1/s1. The van der Waals surface area contributed by atoms with Gasteiger partial charge in [0.1, 0.15) is 41.1 Å². The van der Waals surface area contributed by atoms with E-state index in [9.17, 15) is 30.3 Å². The molecule has 9 nitrogen and oxygen atoms in total. The van der Waals surface area contributed by atoms with Crippen molar-refractivity contribution in [1.82, 2.24) is 0 Å². The molecule has 0 unspecified atom stereocenters. The zero-order valence-electron chi connectivity index (χ0n) is 15.6. The second-order valence-electron chi connectivity index (χ2n) is 6.92. The number of hydrogen-bond donors (Lipinski definition) is 5. The Morgan fingerprint density at radius 3 is 2.37 bits per heavy atom. The highest BCUT2D eigenvalue weighted by atomic mass is 16.7. The van der Waals surface area contributed by atoms with Crippen molar-refractivity contribution >= 4 is 11.0 Å². The molecule has 30 heavy (non-hydrogen) atoms. The summed E-state index contributed by atoms with van der Waals surface area (Å²) >= 11 is 0. The molecule has 2 heterocycles. The van der Waals surface area contributed by atoms with Crippen molar-refractivity contribution in [3.8, 4) is 22.8 Å². The average Bonchev–Trinajstić information content (AvgIpc) is 2.76. The van der Waals surface area contributed by atoms with Crippen LogP contribution in [0.1, 0.15) is 0 Å². The number of fused-ring (bicyclic) bond motifs is 1. The molecule has 1 aromatic heterocycles. The molecular weight excluding hydrogens is 396 g/mol. The summed E-state index contributed by atoms with van der Waals surface area (Å²) in [7, 11) is 0. The maximum atomic E-state index is 13.2. The number of benzene rings is 2. The predicted molar refractivity (Wildman–Crippen MR) is 104 cm³/mol. The fourth-order valence-electron chi connectivity index (χ4n) is 3.37. The second-order valence-corrected chi connectivity index (χ2v) is 6.92. The van der Waals surface area contributed by atoms with Gasteiger partial charge in [-0.25, -0.2) is 0 Å². The third-order valence-electron chi connectivity index (χ3n) is 4.97. The molecule has 0 saturated carbocycles. The molecule has 0 bridgehead atoms. The molecule has 5 N–H and O–H groups in total. The van der Waals surface area contributed by atoms with E-state index in [0.717, 1.165) is 0 Å². The van der Waals surface area contributed by atoms with Crippen molar-refractivity contribution in [2.45, 2.75) is 30.7 Å². The van der Waals surface area contributed by atoms with E-state index in [2.05, 4.69) is 0 Å². The van der Waals surface area contributed by atoms with Crippen LogP contribution in [-0.2, 0) is 4.74 Å². The lowest BCUT2D eigenvalue weighted by Gasteiger charge is -2.39. The Bertz CT molecular complexity index is 1090. The van der Waals surface area contributed by atoms with Crippen LogP contribution >= 0.6 is 0 Å². The van der Waals surface area contributed by atoms with Crippen LogP contribution in [0.3, 0.4) is 0 Å². The average molecular weight is 416 g/mol. The quantitative estimate of drug-likeness (QED) is 0.406. The molecule has 3 aromatic rings. The van der Waals surface area contributed by atoms with Gasteiger partial charge in [-0.15, -0.1) is 0 Å². The number of aliphatic hydroxyl groups is 4. The molecule has 4 rings (SSSR count). The highest BCUT2D eigenvalue weighted by Gasteiger charge is 2.45. The van der Waals surface area contributed by atoms with Crippen molar-refractivity contribution < 1.29 is 39.4 Å². The van der Waals surface area contributed by atoms with Crippen molar-refractivity contribution in [3.05, 3.63) is 58.8 Å². The number of hydrogen-bond acceptors (Lipinski definition) is 9. The van der Waals surface area contributed by atoms with Gasteiger partial charge in [0.2, 0.25) is 17.5 Å². The van der Waals surface area contributed by atoms with Gasteiger partial charge in [-0.3, -0.25) is 4.79 Å². The molecule has 1 aliphatic heterocycles. The van der Waals surface area contributed by atoms with E-state index >= 15 is 0 Å². The van der Waals surface area contributed by atoms with E-state index in [1.165, 1.54) is 18.2 Å². The summed E-state index contributed by atoms with van der Waals surface area (Å²) in [5.41, 5.74) is -0.107. The molecule has 0 aliphatic carbocycles. The van der Waals surface area contributed by atoms with Crippen molar-refractivity contribution in [2.24, 2.45) is 0 Å². The van der Waals surface area contributed by atoms with Crippen LogP contribution in [0, 0.1) is 0 Å². The summed E-state index contributed by atoms with van der Waals surface area (Å²) in [6.45, 7) is -0.649. The summed E-state index contributed by atoms with van der Waals surface area (Å²) in [5.74, 6) is -0.658. The minimum atomic E-state index is -1.72. The zero-order chi connectivity index (χ0) is 21.4. The van der Waals surface area contributed by atoms with E-state index in [1.807, 2.05) is 0 Å². The minimum absolute atomic E-state index is 0.0238. The van der Waals surface area contributed by atoms with E-state index in [0.29, 0.717) is 5.56 Å². The molecule has 158 valence electrons. The second kappa shape index (κ2) is 8.05. The van der Waals surface area contributed by atoms with Crippen LogP contribution in [0.5, 0.6) is 11.5 Å². The smallest absolute Gasteiger partial charge is 0.239 e. The molecule has 0 spiro atoms. The van der Waals surface area contributed by atoms with Crippen molar-refractivity contribution in [3.63, 3.8) is 0 Å². The van der Waals surface area contributed by atoms with E-state index in [4.69, 9.17) is 13.9 Å². The molecule has 0 amide bonds. The Morgan fingerprint density at radius 1 is 0.933 bits per heavy atom. The summed E-state index contributed by atoms with van der Waals surface area (Å²) < 4.78 is 16.8. The first-order valence-electron chi connectivity index (χ1n) is 9.23. The number of aliphatic hydroxyl groups excluding tert-OH is 4. The highest BCUT2D eigenvalue weighted by Crippen LogP contribution is 2.35. The molecule has 5 atom stereocenters. The predicted octanol–water partition coefficient (Wildman–Crippen LogP) is 0.344. The molecule has 1 saturated heterocycles. The Labute approximate surface area is 170 Å². The van der Waals surface area contributed by atoms with Gasteiger partial charge in [0.25, 0.3) is 0 Å². The van der Waals surface area contributed by atoms with Crippen LogP contribution in [0.15, 0.2) is 57.7 Å². The largest absolute Gasteiger partial charge is 0.507 e. The van der Waals surface area contributed by atoms with E-state index < -0.39 is 42.7 Å². The van der Waals surface area contributed by atoms with E-state index in [1.54, 1.807) is 30.3 Å². The van der Waals surface area contributed by atoms with Gasteiger partial charge in [-0.2, -0.15) is 0 Å². The molecule has 1 aliphatic rings. The van der Waals surface area contributed by atoms with Crippen LogP contribution in [0.25, 0.3) is 22.3 Å². The van der Waals surface area contributed by atoms with Gasteiger partial charge in [0, 0.05) is 5.56 Å². The Balaban J connectivity index is 1.86. The van der Waals surface area contributed by atoms with Crippen molar-refractivity contribution in [2.75, 3.05) is 6.61 Å². The maximum absolute atomic E-state index is 13.2. The molecular formula is C21H20O9. The van der Waals surface area contributed by atoms with Crippen LogP contribution < -0.4 is 10.2 Å². The topological polar surface area (TPSA) is 150 Å². The van der Waals surface area contributed by atoms with Crippen LogP contribution in [0.4, 0.5) is 0 Å². The highest BCUT2D eigenvalue weighted by molar-refractivity contribution is 5.86. The zero-order valence-corrected chi connectivity index (χ0v) is 15.6. The lowest BCUT2D eigenvalue weighted by Crippen LogP contribution is -2.60. The molecule has 2 aromatic carbocycles. The first-order chi connectivity index (χ1) is 14.4. The van der Waals surface area contributed by atoms with Crippen LogP contribution in [0.2, 0.25) is 0 Å². The number of phenols is 1. The first kappa shape index (κ1) is 20.3. The van der Waals surface area contributed by atoms with Crippen LogP contribution in [-0.4, -0.2) is 62.8 Å². The fraction of sp³-hybridized carbons (Fsp3) is 0.286. The lowest BCUT2D eigenvalue weighted by atomic mass is 9.99. The van der Waals surface area contributed by atoms with Gasteiger partial charge >= 0.3 is 0 Å². The summed E-state index contributed by atoms with van der Waals surface area (Å²) in [4.78, 5) is 13.2. The monoisotopic (exact) mass is 416 g/mol. The SMILES string of the molecule is O=c1c(O[C@@H]2O[C@H](CO)[C@@H](O)[C@H](O)[C@H]2O)c(-c2ccccc2)oc2cccc(O)c12. The number of phenolic OH excluding ortho intramolecular Hbond substituents is 1. The minimum Gasteiger partial charge on any atom is -0.507 e. The van der Waals surface area contributed by atoms with Gasteiger partial charge in [0.15, 0.2) is 5.76 Å². The maximum Gasteiger partial charge on any atom is 0.239 e. The van der Waals surface area contributed by atoms with Crippen molar-refractivity contribution in [1.29, 1.82) is 0 Å². The number of ether oxygens (including phenoxy) is 2. The van der Waals surface area contributed by atoms with Gasteiger partial charge in [-0.1, -0.05) is 36.4 Å². The van der Waals surface area contributed by atoms with E-state index in [-0.39, 0.29) is 28.2 Å². The summed E-state index contributed by atoms with van der Waals surface area (Å²) in [6.07, 6.45) is -7.77. The van der Waals surface area contributed by atoms with Gasteiger partial charge < -0.3 is 39.4 Å². The Hall–Kier alpha value is -2.95. The summed E-state index contributed by atoms with van der Waals surface area (Å²) in [5, 5.41) is 49.6. The molecule has 1 fully saturated rings. The number of rotatable bonds is 4. The summed E-state index contributed by atoms with van der Waals surface area (Å²) in [6, 6.07) is 12.9. The normalized spacial score (nSPS) is 26.6. The van der Waals surface area contributed by atoms with Gasteiger partial charge in [-0.05, 0) is 12.1 Å². The fourth-order valence-corrected chi connectivity index (χ4v) is 3.37. The third-order valence-corrected chi connectivity index (χ3v) is 4.97. The lowest BCUT2D eigenvalue weighted by molar-refractivity contribution is -0.277. The Kier molecular flexibility index (Phi) is 5.46. The third kappa shape index (κ3) is 3.42. The van der Waals surface area contributed by atoms with Gasteiger partial charge in [0.05, 0.1) is 6.61 Å². The molecule has 0 radical (unpaired) electrons. The Morgan fingerprint density at radius 2 is 1.67 bits per heavy atom. The number of aromatic hydroxyl groups is 1. The first-order valence-corrected chi connectivity index (χ1v) is 9.23.